The number of aryl methyl sites for hydroxylation is 2. The van der Waals surface area contributed by atoms with E-state index in [1.54, 1.807) is 12.1 Å². The number of hydrogen-bond donors (Lipinski definition) is 1. The molecule has 2 fully saturated rings. The van der Waals surface area contributed by atoms with Gasteiger partial charge in [-0.1, -0.05) is 41.6 Å². The number of nitrogens with zero attached hydrogens (tertiary/aromatic N) is 3. The van der Waals surface area contributed by atoms with Crippen LogP contribution in [0.25, 0.3) is 11.1 Å². The second-order valence-electron chi connectivity index (χ2n) is 10.4. The van der Waals surface area contributed by atoms with Crippen molar-refractivity contribution in [2.24, 2.45) is 0 Å². The third-order valence-corrected chi connectivity index (χ3v) is 7.78. The Hall–Kier alpha value is -3.94. The molecule has 2 atom stereocenters. The van der Waals surface area contributed by atoms with Gasteiger partial charge in [0, 0.05) is 43.8 Å². The molecule has 0 amide bonds. The number of aromatic carboxylic acids is 1. The molecule has 4 aromatic rings. The van der Waals surface area contributed by atoms with Gasteiger partial charge in [0.05, 0.1) is 11.3 Å². The number of aromatic nitrogens is 1. The highest BCUT2D eigenvalue weighted by molar-refractivity contribution is 5.87. The Morgan fingerprint density at radius 1 is 0.868 bits per heavy atom. The predicted molar refractivity (Wildman–Crippen MR) is 144 cm³/mol. The minimum Gasteiger partial charge on any atom is -0.478 e. The minimum atomic E-state index is -0.879. The summed E-state index contributed by atoms with van der Waals surface area (Å²) in [6.07, 6.45) is 1.19. The Balaban J connectivity index is 1.02. The molecule has 38 heavy (non-hydrogen) atoms. The minimum absolute atomic E-state index is 0.338. The van der Waals surface area contributed by atoms with Crippen LogP contribution in [0.2, 0.25) is 0 Å². The van der Waals surface area contributed by atoms with Crippen LogP contribution in [0, 0.1) is 13.8 Å². The Morgan fingerprint density at radius 3 is 1.87 bits per heavy atom. The molecule has 2 aliphatic rings. The van der Waals surface area contributed by atoms with Crippen LogP contribution >= 0.6 is 0 Å². The maximum absolute atomic E-state index is 11.1. The fourth-order valence-corrected chi connectivity index (χ4v) is 5.82. The fourth-order valence-electron chi connectivity index (χ4n) is 5.82. The van der Waals surface area contributed by atoms with Crippen molar-refractivity contribution >= 4 is 5.97 Å². The van der Waals surface area contributed by atoms with Crippen molar-refractivity contribution in [2.75, 3.05) is 13.1 Å². The zero-order valence-corrected chi connectivity index (χ0v) is 21.6. The number of carbonyl (C=O) groups is 1. The van der Waals surface area contributed by atoms with Crippen LogP contribution in [-0.4, -0.2) is 51.2 Å². The van der Waals surface area contributed by atoms with E-state index in [-0.39, 0.29) is 0 Å². The van der Waals surface area contributed by atoms with Crippen molar-refractivity contribution in [3.63, 3.8) is 0 Å². The molecule has 0 spiro atoms. The van der Waals surface area contributed by atoms with Gasteiger partial charge in [0.25, 0.3) is 0 Å². The van der Waals surface area contributed by atoms with E-state index in [4.69, 9.17) is 14.4 Å². The number of benzene rings is 3. The van der Waals surface area contributed by atoms with E-state index in [0.717, 1.165) is 60.3 Å². The number of piperazine rings is 1. The Kier molecular flexibility index (Phi) is 6.47. The molecule has 0 unspecified atom stereocenters. The molecular formula is C31H31N3O4. The maximum Gasteiger partial charge on any atom is 0.335 e. The van der Waals surface area contributed by atoms with Gasteiger partial charge in [-0.15, -0.1) is 0 Å². The van der Waals surface area contributed by atoms with E-state index in [1.807, 2.05) is 62.4 Å². The number of carboxylic acid groups (broad SMARTS) is 1. The van der Waals surface area contributed by atoms with E-state index >= 15 is 0 Å². The van der Waals surface area contributed by atoms with Crippen LogP contribution in [-0.2, 0) is 13.1 Å². The number of ether oxygens (including phenoxy) is 1. The Bertz CT molecular complexity index is 1410. The van der Waals surface area contributed by atoms with Crippen LogP contribution in [0.3, 0.4) is 0 Å². The van der Waals surface area contributed by atoms with Gasteiger partial charge >= 0.3 is 5.97 Å². The molecule has 7 heteroatoms. The molecule has 2 saturated heterocycles. The van der Waals surface area contributed by atoms with Gasteiger partial charge in [-0.25, -0.2) is 4.79 Å². The van der Waals surface area contributed by atoms with E-state index in [1.165, 1.54) is 17.5 Å². The molecule has 0 saturated carbocycles. The summed E-state index contributed by atoms with van der Waals surface area (Å²) in [5.41, 5.74) is 5.79. The van der Waals surface area contributed by atoms with Gasteiger partial charge in [-0.05, 0) is 73.4 Å². The van der Waals surface area contributed by atoms with Crippen LogP contribution in [0.1, 0.15) is 39.4 Å². The number of fused-ring (bicyclic) bond motifs is 2. The average Bonchev–Trinajstić information content (AvgIpc) is 3.60. The second-order valence-corrected chi connectivity index (χ2v) is 10.4. The monoisotopic (exact) mass is 509 g/mol. The first-order valence-corrected chi connectivity index (χ1v) is 13.0. The molecule has 6 rings (SSSR count). The van der Waals surface area contributed by atoms with Gasteiger partial charge in [0.15, 0.2) is 0 Å². The highest BCUT2D eigenvalue weighted by atomic mass is 16.5. The summed E-state index contributed by atoms with van der Waals surface area (Å²) in [5.74, 6) is 1.55. The van der Waals surface area contributed by atoms with Crippen molar-refractivity contribution in [1.29, 1.82) is 0 Å². The highest BCUT2D eigenvalue weighted by Gasteiger charge is 2.42. The van der Waals surface area contributed by atoms with Gasteiger partial charge in [0.1, 0.15) is 17.3 Å². The van der Waals surface area contributed by atoms with Crippen molar-refractivity contribution < 1.29 is 19.2 Å². The summed E-state index contributed by atoms with van der Waals surface area (Å²) in [6, 6.07) is 24.8. The lowest BCUT2D eigenvalue weighted by atomic mass is 10.0. The van der Waals surface area contributed by atoms with E-state index in [2.05, 4.69) is 27.1 Å². The molecule has 2 aliphatic heterocycles. The molecule has 194 valence electrons. The van der Waals surface area contributed by atoms with E-state index < -0.39 is 5.97 Å². The summed E-state index contributed by atoms with van der Waals surface area (Å²) >= 11 is 0. The van der Waals surface area contributed by atoms with Gasteiger partial charge in [-0.3, -0.25) is 9.80 Å². The first-order chi connectivity index (χ1) is 18.4. The molecule has 0 radical (unpaired) electrons. The van der Waals surface area contributed by atoms with Gasteiger partial charge in [0.2, 0.25) is 0 Å². The summed E-state index contributed by atoms with van der Waals surface area (Å²) in [7, 11) is 0. The molecule has 3 heterocycles. The first-order valence-electron chi connectivity index (χ1n) is 13.0. The SMILES string of the molecule is Cc1noc(C)c1-c1ccc(Oc2ccc(CN3C[C@@H]4C[C@H]3CN4Cc3ccc(C(=O)O)cc3)cc2)cc1. The van der Waals surface area contributed by atoms with Crippen LogP contribution < -0.4 is 4.74 Å². The molecule has 1 N–H and O–H groups in total. The van der Waals surface area contributed by atoms with Gasteiger partial charge < -0.3 is 14.4 Å². The summed E-state index contributed by atoms with van der Waals surface area (Å²) in [5, 5.41) is 13.1. The Morgan fingerprint density at radius 2 is 1.39 bits per heavy atom. The van der Waals surface area contributed by atoms with Crippen molar-refractivity contribution in [3.05, 3.63) is 101 Å². The van der Waals surface area contributed by atoms with Crippen molar-refractivity contribution in [2.45, 2.75) is 45.4 Å². The molecule has 0 aliphatic carbocycles. The maximum atomic E-state index is 11.1. The van der Waals surface area contributed by atoms with Crippen molar-refractivity contribution in [1.82, 2.24) is 15.0 Å². The number of hydrogen-bond acceptors (Lipinski definition) is 6. The van der Waals surface area contributed by atoms with Crippen LogP contribution in [0.15, 0.2) is 77.3 Å². The summed E-state index contributed by atoms with van der Waals surface area (Å²) in [4.78, 5) is 16.2. The lowest BCUT2D eigenvalue weighted by Gasteiger charge is -2.34. The Labute approximate surface area is 222 Å². The molecule has 2 bridgehead atoms. The quantitative estimate of drug-likeness (QED) is 0.316. The molecule has 1 aromatic heterocycles. The summed E-state index contributed by atoms with van der Waals surface area (Å²) < 4.78 is 11.4. The van der Waals surface area contributed by atoms with E-state index in [0.29, 0.717) is 17.6 Å². The standard InChI is InChI=1S/C31H31N3O4/c1-20-30(21(2)38-32-20)24-9-13-29(14-10-24)37-28-11-5-23(6-12-28)17-34-19-26-15-27(34)18-33(26)16-22-3-7-25(8-4-22)31(35)36/h3-14,26-27H,15-19H2,1-2H3,(H,35,36)/t26-,27-/m0/s1. The average molecular weight is 510 g/mol. The zero-order valence-electron chi connectivity index (χ0n) is 21.6. The molecule has 3 aromatic carbocycles. The zero-order chi connectivity index (χ0) is 26.2. The number of rotatable bonds is 8. The molecule has 7 nitrogen and oxygen atoms in total. The highest BCUT2D eigenvalue weighted by Crippen LogP contribution is 2.34. The third kappa shape index (κ3) is 4.95. The lowest BCUT2D eigenvalue weighted by Crippen LogP contribution is -2.45. The number of likely N-dealkylation sites (tertiary alicyclic amines) is 2. The van der Waals surface area contributed by atoms with Gasteiger partial charge in [-0.2, -0.15) is 0 Å². The normalized spacial score (nSPS) is 19.2. The number of carboxylic acids is 1. The summed E-state index contributed by atoms with van der Waals surface area (Å²) in [6.45, 7) is 7.80. The third-order valence-electron chi connectivity index (χ3n) is 7.78. The molecular weight excluding hydrogens is 478 g/mol. The van der Waals surface area contributed by atoms with Crippen molar-refractivity contribution in [3.8, 4) is 22.6 Å². The van der Waals surface area contributed by atoms with Crippen LogP contribution in [0.5, 0.6) is 11.5 Å². The van der Waals surface area contributed by atoms with Crippen LogP contribution in [0.4, 0.5) is 0 Å². The van der Waals surface area contributed by atoms with E-state index in [9.17, 15) is 4.79 Å². The first kappa shape index (κ1) is 24.4. The topological polar surface area (TPSA) is 79.0 Å². The fraction of sp³-hybridized carbons (Fsp3) is 0.290. The second kappa shape index (κ2) is 10.1. The lowest BCUT2D eigenvalue weighted by molar-refractivity contribution is 0.0697. The predicted octanol–water partition coefficient (Wildman–Crippen LogP) is 5.91. The smallest absolute Gasteiger partial charge is 0.335 e. The largest absolute Gasteiger partial charge is 0.478 e.